The summed E-state index contributed by atoms with van der Waals surface area (Å²) in [6.07, 6.45) is 0.519. The molecule has 8 nitrogen and oxygen atoms in total. The number of benzene rings is 1. The molecule has 0 radical (unpaired) electrons. The number of hydrogen-bond donors (Lipinski definition) is 1. The first-order chi connectivity index (χ1) is 8.70. The lowest BCUT2D eigenvalue weighted by atomic mass is 10.1. The molecular weight excluding hydrogens is 236 g/mol. The average Bonchev–Trinajstić information content (AvgIpc) is 2.78. The van der Waals surface area contributed by atoms with Crippen LogP contribution in [0.2, 0.25) is 0 Å². The quantitative estimate of drug-likeness (QED) is 0.594. The number of nitrogens with zero attached hydrogens (tertiary/aromatic N) is 5. The largest absolute Gasteiger partial charge is 0.329 e. The maximum absolute atomic E-state index is 10.5. The standard InChI is InChI=1S/C10H12N6O2/c11-5-6-15-10(12-13-14-15)7-8-1-3-9(4-2-8)16(17)18/h1-4H,5-7,11H2. The SMILES string of the molecule is NCCn1nnnc1Cc1ccc([N+](=O)[O-])cc1. The van der Waals surface area contributed by atoms with Crippen molar-refractivity contribution in [1.29, 1.82) is 0 Å². The molecule has 1 aromatic heterocycles. The van der Waals surface area contributed by atoms with Crippen molar-refractivity contribution in [1.82, 2.24) is 20.2 Å². The van der Waals surface area contributed by atoms with Crippen LogP contribution in [-0.2, 0) is 13.0 Å². The normalized spacial score (nSPS) is 10.5. The molecule has 2 N–H and O–H groups in total. The zero-order chi connectivity index (χ0) is 13.0. The number of hydrogen-bond acceptors (Lipinski definition) is 6. The molecule has 0 amide bonds. The number of tetrazole rings is 1. The van der Waals surface area contributed by atoms with Crippen LogP contribution < -0.4 is 5.73 Å². The second kappa shape index (κ2) is 5.32. The van der Waals surface area contributed by atoms with E-state index in [4.69, 9.17) is 5.73 Å². The summed E-state index contributed by atoms with van der Waals surface area (Å²) in [6.45, 7) is 1.01. The number of rotatable bonds is 5. The molecule has 0 bridgehead atoms. The molecule has 0 spiro atoms. The van der Waals surface area contributed by atoms with E-state index in [0.717, 1.165) is 5.56 Å². The molecular formula is C10H12N6O2. The molecule has 0 atom stereocenters. The van der Waals surface area contributed by atoms with Crippen LogP contribution in [0, 0.1) is 10.1 Å². The van der Waals surface area contributed by atoms with Gasteiger partial charge >= 0.3 is 0 Å². The predicted molar refractivity (Wildman–Crippen MR) is 62.8 cm³/mol. The van der Waals surface area contributed by atoms with Crippen molar-refractivity contribution in [3.8, 4) is 0 Å². The van der Waals surface area contributed by atoms with Crippen molar-refractivity contribution in [3.05, 3.63) is 45.8 Å². The summed E-state index contributed by atoms with van der Waals surface area (Å²) >= 11 is 0. The number of nitrogens with two attached hydrogens (primary N) is 1. The molecule has 1 aromatic carbocycles. The molecule has 18 heavy (non-hydrogen) atoms. The Labute approximate surface area is 103 Å². The van der Waals surface area contributed by atoms with Gasteiger partial charge in [0.15, 0.2) is 5.82 Å². The summed E-state index contributed by atoms with van der Waals surface area (Å²) in [5, 5.41) is 21.8. The molecule has 8 heteroatoms. The van der Waals surface area contributed by atoms with E-state index < -0.39 is 4.92 Å². The number of non-ortho nitro benzene ring substituents is 1. The lowest BCUT2D eigenvalue weighted by molar-refractivity contribution is -0.384. The Balaban J connectivity index is 2.13. The maximum Gasteiger partial charge on any atom is 0.269 e. The fourth-order valence-corrected chi connectivity index (χ4v) is 1.56. The minimum absolute atomic E-state index is 0.0697. The van der Waals surface area contributed by atoms with Crippen LogP contribution in [0.3, 0.4) is 0 Å². The van der Waals surface area contributed by atoms with E-state index in [1.807, 2.05) is 0 Å². The number of nitro benzene ring substituents is 1. The summed E-state index contributed by atoms with van der Waals surface area (Å²) in [4.78, 5) is 10.1. The third kappa shape index (κ3) is 2.66. The maximum atomic E-state index is 10.5. The molecule has 2 rings (SSSR count). The van der Waals surface area contributed by atoms with Crippen LogP contribution in [0.5, 0.6) is 0 Å². The first kappa shape index (κ1) is 12.1. The summed E-state index contributed by atoms with van der Waals surface area (Å²) < 4.78 is 1.63. The molecule has 0 aliphatic carbocycles. The lowest BCUT2D eigenvalue weighted by Gasteiger charge is -2.02. The monoisotopic (exact) mass is 248 g/mol. The van der Waals surface area contributed by atoms with Crippen molar-refractivity contribution < 1.29 is 4.92 Å². The van der Waals surface area contributed by atoms with E-state index in [0.29, 0.717) is 25.3 Å². The Morgan fingerprint density at radius 2 is 2.06 bits per heavy atom. The highest BCUT2D eigenvalue weighted by atomic mass is 16.6. The highest BCUT2D eigenvalue weighted by molar-refractivity contribution is 5.33. The fourth-order valence-electron chi connectivity index (χ4n) is 1.56. The van der Waals surface area contributed by atoms with Crippen molar-refractivity contribution in [2.24, 2.45) is 5.73 Å². The molecule has 0 fully saturated rings. The van der Waals surface area contributed by atoms with Crippen molar-refractivity contribution >= 4 is 5.69 Å². The minimum Gasteiger partial charge on any atom is -0.329 e. The van der Waals surface area contributed by atoms with Crippen LogP contribution in [-0.4, -0.2) is 31.7 Å². The fraction of sp³-hybridized carbons (Fsp3) is 0.300. The van der Waals surface area contributed by atoms with E-state index >= 15 is 0 Å². The van der Waals surface area contributed by atoms with Gasteiger partial charge in [0.2, 0.25) is 0 Å². The van der Waals surface area contributed by atoms with Gasteiger partial charge in [-0.2, -0.15) is 0 Å². The summed E-state index contributed by atoms with van der Waals surface area (Å²) in [6, 6.07) is 6.32. The van der Waals surface area contributed by atoms with E-state index in [9.17, 15) is 10.1 Å². The van der Waals surface area contributed by atoms with Crippen molar-refractivity contribution in [2.45, 2.75) is 13.0 Å². The molecule has 0 saturated heterocycles. The Morgan fingerprint density at radius 3 is 2.67 bits per heavy atom. The lowest BCUT2D eigenvalue weighted by Crippen LogP contribution is -2.14. The highest BCUT2D eigenvalue weighted by Crippen LogP contribution is 2.13. The van der Waals surface area contributed by atoms with E-state index in [-0.39, 0.29) is 5.69 Å². The third-order valence-corrected chi connectivity index (χ3v) is 2.46. The summed E-state index contributed by atoms with van der Waals surface area (Å²) in [5.74, 6) is 0.689. The first-order valence-corrected chi connectivity index (χ1v) is 5.39. The first-order valence-electron chi connectivity index (χ1n) is 5.39. The van der Waals surface area contributed by atoms with Gasteiger partial charge < -0.3 is 5.73 Å². The van der Waals surface area contributed by atoms with Gasteiger partial charge in [0, 0.05) is 25.1 Å². The van der Waals surface area contributed by atoms with Crippen molar-refractivity contribution in [3.63, 3.8) is 0 Å². The second-order valence-corrected chi connectivity index (χ2v) is 3.71. The average molecular weight is 248 g/mol. The van der Waals surface area contributed by atoms with Crippen LogP contribution in [0.1, 0.15) is 11.4 Å². The van der Waals surface area contributed by atoms with E-state index in [2.05, 4.69) is 15.5 Å². The summed E-state index contributed by atoms with van der Waals surface area (Å²) in [5.41, 5.74) is 6.42. The predicted octanol–water partition coefficient (Wildman–Crippen LogP) is 0.131. The molecule has 0 unspecified atom stereocenters. The third-order valence-electron chi connectivity index (χ3n) is 2.46. The summed E-state index contributed by atoms with van der Waals surface area (Å²) in [7, 11) is 0. The van der Waals surface area contributed by atoms with Crippen LogP contribution in [0.25, 0.3) is 0 Å². The second-order valence-electron chi connectivity index (χ2n) is 3.71. The van der Waals surface area contributed by atoms with Crippen molar-refractivity contribution in [2.75, 3.05) is 6.54 Å². The zero-order valence-electron chi connectivity index (χ0n) is 9.56. The molecule has 2 aromatic rings. The topological polar surface area (TPSA) is 113 Å². The number of nitro groups is 1. The highest BCUT2D eigenvalue weighted by Gasteiger charge is 2.08. The Morgan fingerprint density at radius 1 is 1.33 bits per heavy atom. The Bertz CT molecular complexity index is 536. The minimum atomic E-state index is -0.428. The van der Waals surface area contributed by atoms with Gasteiger partial charge in [-0.25, -0.2) is 4.68 Å². The van der Waals surface area contributed by atoms with Crippen LogP contribution in [0.15, 0.2) is 24.3 Å². The van der Waals surface area contributed by atoms with Crippen LogP contribution in [0.4, 0.5) is 5.69 Å². The van der Waals surface area contributed by atoms with Gasteiger partial charge in [-0.05, 0) is 16.0 Å². The molecule has 1 heterocycles. The van der Waals surface area contributed by atoms with Crippen LogP contribution >= 0.6 is 0 Å². The molecule has 0 saturated carbocycles. The molecule has 0 aliphatic rings. The van der Waals surface area contributed by atoms with E-state index in [1.165, 1.54) is 12.1 Å². The van der Waals surface area contributed by atoms with Gasteiger partial charge in [0.1, 0.15) is 0 Å². The van der Waals surface area contributed by atoms with Gasteiger partial charge in [0.25, 0.3) is 5.69 Å². The smallest absolute Gasteiger partial charge is 0.269 e. The Hall–Kier alpha value is -2.35. The van der Waals surface area contributed by atoms with Gasteiger partial charge in [0.05, 0.1) is 11.5 Å². The molecule has 94 valence electrons. The molecule has 0 aliphatic heterocycles. The Kier molecular flexibility index (Phi) is 3.58. The zero-order valence-corrected chi connectivity index (χ0v) is 9.56. The van der Waals surface area contributed by atoms with Gasteiger partial charge in [-0.3, -0.25) is 10.1 Å². The number of aromatic nitrogens is 4. The van der Waals surface area contributed by atoms with Gasteiger partial charge in [-0.1, -0.05) is 12.1 Å². The van der Waals surface area contributed by atoms with Gasteiger partial charge in [-0.15, -0.1) is 5.10 Å². The van der Waals surface area contributed by atoms with E-state index in [1.54, 1.807) is 16.8 Å².